The van der Waals surface area contributed by atoms with Crippen LogP contribution in [0.1, 0.15) is 17.9 Å². The topological polar surface area (TPSA) is 3.24 Å². The summed E-state index contributed by atoms with van der Waals surface area (Å²) < 4.78 is 37.4. The molecule has 0 bridgehead atoms. The SMILES string of the molecule is C=C(CN1CCC(c2ccccc2)C1)[B-](F)(F)F.[K+]. The second-order valence-electron chi connectivity index (χ2n) is 4.86. The van der Waals surface area contributed by atoms with Crippen LogP contribution in [-0.4, -0.2) is 31.5 Å². The van der Waals surface area contributed by atoms with Crippen LogP contribution in [0.2, 0.25) is 0 Å². The molecule has 19 heavy (non-hydrogen) atoms. The molecule has 1 atom stereocenters. The first-order valence-electron chi connectivity index (χ1n) is 6.11. The fourth-order valence-corrected chi connectivity index (χ4v) is 2.36. The van der Waals surface area contributed by atoms with Crippen LogP contribution in [0.3, 0.4) is 0 Å². The van der Waals surface area contributed by atoms with E-state index in [9.17, 15) is 12.9 Å². The number of nitrogens with zero attached hydrogens (tertiary/aromatic N) is 1. The summed E-state index contributed by atoms with van der Waals surface area (Å²) in [7, 11) is 0. The number of rotatable bonds is 4. The number of benzene rings is 1. The van der Waals surface area contributed by atoms with Crippen LogP contribution in [0.5, 0.6) is 0 Å². The van der Waals surface area contributed by atoms with Crippen LogP contribution < -0.4 is 51.4 Å². The Hall–Kier alpha value is 0.411. The summed E-state index contributed by atoms with van der Waals surface area (Å²) in [6.45, 7) is -0.397. The molecule has 98 valence electrons. The normalized spacial score (nSPS) is 20.1. The van der Waals surface area contributed by atoms with E-state index in [-0.39, 0.29) is 57.9 Å². The molecular formula is C13H16BF3KN. The van der Waals surface area contributed by atoms with Gasteiger partial charge in [0.25, 0.3) is 0 Å². The molecule has 1 aromatic carbocycles. The first kappa shape index (κ1) is 17.5. The monoisotopic (exact) mass is 293 g/mol. The minimum Gasteiger partial charge on any atom is -0.445 e. The maximum absolute atomic E-state index is 12.5. The quantitative estimate of drug-likeness (QED) is 0.728. The van der Waals surface area contributed by atoms with Crippen molar-refractivity contribution in [1.29, 1.82) is 0 Å². The molecule has 1 nitrogen and oxygen atoms in total. The number of likely N-dealkylation sites (tertiary alicyclic amines) is 1. The molecule has 1 fully saturated rings. The summed E-state index contributed by atoms with van der Waals surface area (Å²) in [5.74, 6) is 0.347. The number of hydrogen-bond acceptors (Lipinski definition) is 1. The molecule has 1 aliphatic rings. The second-order valence-corrected chi connectivity index (χ2v) is 4.86. The minimum absolute atomic E-state index is 0. The Kier molecular flexibility index (Phi) is 6.83. The summed E-state index contributed by atoms with van der Waals surface area (Å²) in [5, 5.41) is 0. The molecule has 1 aromatic rings. The Bertz CT molecular complexity index is 422. The van der Waals surface area contributed by atoms with E-state index >= 15 is 0 Å². The Balaban J connectivity index is 0.00000180. The van der Waals surface area contributed by atoms with Crippen molar-refractivity contribution < 1.29 is 64.3 Å². The van der Waals surface area contributed by atoms with Gasteiger partial charge in [0.2, 0.25) is 0 Å². The molecule has 1 heterocycles. The van der Waals surface area contributed by atoms with Gasteiger partial charge in [0.1, 0.15) is 0 Å². The molecule has 1 saturated heterocycles. The minimum atomic E-state index is -4.90. The van der Waals surface area contributed by atoms with Crippen LogP contribution in [0.4, 0.5) is 12.9 Å². The Morgan fingerprint density at radius 3 is 2.47 bits per heavy atom. The van der Waals surface area contributed by atoms with E-state index in [0.29, 0.717) is 19.0 Å². The largest absolute Gasteiger partial charge is 1.00 e. The van der Waals surface area contributed by atoms with Crippen molar-refractivity contribution >= 4 is 6.98 Å². The van der Waals surface area contributed by atoms with Crippen LogP contribution in [-0.2, 0) is 0 Å². The van der Waals surface area contributed by atoms with Gasteiger partial charge in [0, 0.05) is 6.54 Å². The molecule has 0 amide bonds. The predicted octanol–water partition coefficient (Wildman–Crippen LogP) is 0.423. The zero-order chi connectivity index (χ0) is 13.2. The maximum atomic E-state index is 12.5. The van der Waals surface area contributed by atoms with E-state index in [2.05, 4.69) is 6.58 Å². The first-order chi connectivity index (χ1) is 8.47. The van der Waals surface area contributed by atoms with Crippen molar-refractivity contribution in [3.8, 4) is 0 Å². The summed E-state index contributed by atoms with van der Waals surface area (Å²) in [6.07, 6.45) is 0.919. The van der Waals surface area contributed by atoms with Crippen LogP contribution in [0.25, 0.3) is 0 Å². The Labute approximate surface area is 154 Å². The molecule has 1 aliphatic heterocycles. The third-order valence-electron chi connectivity index (χ3n) is 3.43. The summed E-state index contributed by atoms with van der Waals surface area (Å²) in [5.41, 5.74) is 0.617. The van der Waals surface area contributed by atoms with Crippen molar-refractivity contribution in [1.82, 2.24) is 4.90 Å². The van der Waals surface area contributed by atoms with Crippen LogP contribution in [0.15, 0.2) is 42.4 Å². The first-order valence-corrected chi connectivity index (χ1v) is 6.11. The van der Waals surface area contributed by atoms with Crippen molar-refractivity contribution in [3.05, 3.63) is 47.9 Å². The van der Waals surface area contributed by atoms with E-state index < -0.39 is 12.4 Å². The van der Waals surface area contributed by atoms with Gasteiger partial charge in [-0.05, 0) is 31.0 Å². The Morgan fingerprint density at radius 2 is 1.89 bits per heavy atom. The van der Waals surface area contributed by atoms with Crippen molar-refractivity contribution in [2.45, 2.75) is 12.3 Å². The zero-order valence-electron chi connectivity index (χ0n) is 11.2. The molecule has 0 spiro atoms. The molecule has 0 aromatic heterocycles. The van der Waals surface area contributed by atoms with Gasteiger partial charge >= 0.3 is 58.4 Å². The van der Waals surface area contributed by atoms with E-state index in [4.69, 9.17) is 0 Å². The average Bonchev–Trinajstić information content (AvgIpc) is 2.77. The van der Waals surface area contributed by atoms with E-state index in [0.717, 1.165) is 6.42 Å². The van der Waals surface area contributed by atoms with Gasteiger partial charge in [-0.25, -0.2) is 0 Å². The third kappa shape index (κ3) is 5.03. The van der Waals surface area contributed by atoms with Crippen molar-refractivity contribution in [2.75, 3.05) is 19.6 Å². The summed E-state index contributed by atoms with van der Waals surface area (Å²) in [6, 6.07) is 9.96. The second kappa shape index (κ2) is 7.43. The van der Waals surface area contributed by atoms with Crippen molar-refractivity contribution in [3.63, 3.8) is 0 Å². The van der Waals surface area contributed by atoms with Gasteiger partial charge in [0.15, 0.2) is 0 Å². The summed E-state index contributed by atoms with van der Waals surface area (Å²) >= 11 is 0. The fourth-order valence-electron chi connectivity index (χ4n) is 2.36. The Morgan fingerprint density at radius 1 is 1.26 bits per heavy atom. The molecule has 0 saturated carbocycles. The fraction of sp³-hybridized carbons (Fsp3) is 0.385. The molecule has 6 heteroatoms. The van der Waals surface area contributed by atoms with Crippen molar-refractivity contribution in [2.24, 2.45) is 0 Å². The standard InChI is InChI=1S/C13H16BF3N.K/c1-11(14(15,16)17)9-18-8-7-13(10-18)12-5-3-2-4-6-12;/h2-6,13H,1,7-10H2;/q-1;+1. The van der Waals surface area contributed by atoms with Crippen LogP contribution >= 0.6 is 0 Å². The van der Waals surface area contributed by atoms with Gasteiger partial charge in [0.05, 0.1) is 0 Å². The number of halogens is 3. The summed E-state index contributed by atoms with van der Waals surface area (Å²) in [4.78, 5) is 1.84. The maximum Gasteiger partial charge on any atom is 1.00 e. The van der Waals surface area contributed by atoms with Gasteiger partial charge in [-0.3, -0.25) is 0 Å². The van der Waals surface area contributed by atoms with E-state index in [1.165, 1.54) is 5.56 Å². The van der Waals surface area contributed by atoms with Gasteiger partial charge in [-0.15, -0.1) is 12.1 Å². The number of hydrogen-bond donors (Lipinski definition) is 0. The average molecular weight is 293 g/mol. The molecule has 0 radical (unpaired) electrons. The molecule has 0 aliphatic carbocycles. The predicted molar refractivity (Wildman–Crippen MR) is 68.5 cm³/mol. The molecule has 0 N–H and O–H groups in total. The van der Waals surface area contributed by atoms with Gasteiger partial charge < -0.3 is 17.8 Å². The molecular weight excluding hydrogens is 277 g/mol. The van der Waals surface area contributed by atoms with E-state index in [1.54, 1.807) is 0 Å². The molecule has 1 unspecified atom stereocenters. The van der Waals surface area contributed by atoms with Crippen LogP contribution in [0, 0.1) is 0 Å². The third-order valence-corrected chi connectivity index (χ3v) is 3.43. The smallest absolute Gasteiger partial charge is 0.445 e. The molecule has 2 rings (SSSR count). The van der Waals surface area contributed by atoms with Gasteiger partial charge in [-0.2, -0.15) is 0 Å². The zero-order valence-corrected chi connectivity index (χ0v) is 14.3. The van der Waals surface area contributed by atoms with Gasteiger partial charge in [-0.1, -0.05) is 30.3 Å². The van der Waals surface area contributed by atoms with E-state index in [1.807, 2.05) is 35.2 Å².